The maximum Gasteiger partial charge on any atom is 0.264 e. The number of aryl methyl sites for hydroxylation is 1. The summed E-state index contributed by atoms with van der Waals surface area (Å²) in [6.07, 6.45) is 0. The molecule has 0 aliphatic carbocycles. The summed E-state index contributed by atoms with van der Waals surface area (Å²) in [5.41, 5.74) is 2.25. The van der Waals surface area contributed by atoms with Crippen molar-refractivity contribution in [2.24, 2.45) is 4.99 Å². The van der Waals surface area contributed by atoms with Gasteiger partial charge in [-0.05, 0) is 19.1 Å². The number of benzene rings is 2. The Morgan fingerprint density at radius 1 is 1.12 bits per heavy atom. The predicted octanol–water partition coefficient (Wildman–Crippen LogP) is 0.233. The van der Waals surface area contributed by atoms with E-state index in [1.54, 1.807) is 24.3 Å². The number of aliphatic imine (C=N–C) groups is 1. The molecule has 0 aromatic heterocycles. The van der Waals surface area contributed by atoms with E-state index in [0.717, 1.165) is 12.1 Å². The zero-order chi connectivity index (χ0) is 17.0. The largest absolute Gasteiger partial charge is 0.309 e. The second-order valence-corrected chi connectivity index (χ2v) is 7.53. The van der Waals surface area contributed by atoms with Crippen LogP contribution in [0.1, 0.15) is 11.1 Å². The Labute approximate surface area is 142 Å². The zero-order valence-electron chi connectivity index (χ0n) is 13.5. The van der Waals surface area contributed by atoms with Crippen LogP contribution in [0.2, 0.25) is 0 Å². The summed E-state index contributed by atoms with van der Waals surface area (Å²) in [6, 6.07) is 16.9. The Hall–Kier alpha value is -2.38. The van der Waals surface area contributed by atoms with Gasteiger partial charge in [0.15, 0.2) is 13.3 Å². The first-order valence-electron chi connectivity index (χ1n) is 7.78. The Morgan fingerprint density at radius 2 is 1.83 bits per heavy atom. The standard InChI is InChI=1S/C17H20N4O2S/c1-14-7-9-16(10-8-14)24(22,23)20-17-18-12-21(13-19-17)11-15-5-3-2-4-6-15/h2-10H,11-13H2,1H3,(H2,18,19,20)/p+1. The van der Waals surface area contributed by atoms with E-state index in [4.69, 9.17) is 0 Å². The van der Waals surface area contributed by atoms with Crippen molar-refractivity contribution in [2.75, 3.05) is 13.3 Å². The molecule has 126 valence electrons. The minimum atomic E-state index is -3.61. The SMILES string of the molecule is Cc1ccc(S(=O)(=O)NC2=NC[NH+](Cc3ccccc3)CN2)cc1. The first kappa shape index (κ1) is 16.5. The molecule has 1 atom stereocenters. The summed E-state index contributed by atoms with van der Waals surface area (Å²) in [7, 11) is -3.61. The van der Waals surface area contributed by atoms with Crippen LogP contribution in [0.15, 0.2) is 64.5 Å². The van der Waals surface area contributed by atoms with Crippen molar-refractivity contribution in [3.63, 3.8) is 0 Å². The third-order valence-electron chi connectivity index (χ3n) is 3.83. The van der Waals surface area contributed by atoms with Crippen LogP contribution in [-0.4, -0.2) is 27.7 Å². The number of guanidine groups is 1. The lowest BCUT2D eigenvalue weighted by atomic mass is 10.2. The average Bonchev–Trinajstić information content (AvgIpc) is 2.58. The third kappa shape index (κ3) is 4.12. The molecular formula is C17H21N4O2S+. The summed E-state index contributed by atoms with van der Waals surface area (Å²) >= 11 is 0. The van der Waals surface area contributed by atoms with Gasteiger partial charge in [0, 0.05) is 5.56 Å². The fraction of sp³-hybridized carbons (Fsp3) is 0.235. The highest BCUT2D eigenvalue weighted by Gasteiger charge is 2.20. The van der Waals surface area contributed by atoms with E-state index < -0.39 is 10.0 Å². The smallest absolute Gasteiger partial charge is 0.264 e. The fourth-order valence-electron chi connectivity index (χ4n) is 2.49. The molecule has 1 aliphatic rings. The summed E-state index contributed by atoms with van der Waals surface area (Å²) in [5, 5.41) is 3.05. The number of hydrogen-bond donors (Lipinski definition) is 3. The van der Waals surface area contributed by atoms with Crippen molar-refractivity contribution in [3.8, 4) is 0 Å². The molecule has 1 aliphatic heterocycles. The Kier molecular flexibility index (Phi) is 4.82. The highest BCUT2D eigenvalue weighted by Crippen LogP contribution is 2.09. The molecule has 3 rings (SSSR count). The van der Waals surface area contributed by atoms with Crippen molar-refractivity contribution >= 4 is 16.0 Å². The number of sulfonamides is 1. The molecule has 0 bridgehead atoms. The van der Waals surface area contributed by atoms with Gasteiger partial charge in [-0.25, -0.2) is 13.1 Å². The second kappa shape index (κ2) is 7.02. The summed E-state index contributed by atoms with van der Waals surface area (Å²) in [6.45, 7) is 3.90. The molecule has 0 fully saturated rings. The molecule has 2 aromatic carbocycles. The molecule has 1 unspecified atom stereocenters. The first-order chi connectivity index (χ1) is 11.5. The molecule has 0 spiro atoms. The van der Waals surface area contributed by atoms with Crippen molar-refractivity contribution in [2.45, 2.75) is 18.4 Å². The summed E-state index contributed by atoms with van der Waals surface area (Å²) in [5.74, 6) is 0.299. The average molecular weight is 345 g/mol. The van der Waals surface area contributed by atoms with Gasteiger partial charge in [0.05, 0.1) is 4.90 Å². The molecule has 3 N–H and O–H groups in total. The summed E-state index contributed by atoms with van der Waals surface area (Å²) in [4.78, 5) is 5.77. The van der Waals surface area contributed by atoms with Gasteiger partial charge in [-0.1, -0.05) is 48.0 Å². The maximum absolute atomic E-state index is 12.3. The number of rotatable bonds is 4. The van der Waals surface area contributed by atoms with Crippen LogP contribution >= 0.6 is 0 Å². The predicted molar refractivity (Wildman–Crippen MR) is 92.9 cm³/mol. The van der Waals surface area contributed by atoms with Crippen molar-refractivity contribution < 1.29 is 13.3 Å². The fourth-order valence-corrected chi connectivity index (χ4v) is 3.49. The van der Waals surface area contributed by atoms with Gasteiger partial charge in [0.1, 0.15) is 6.54 Å². The lowest BCUT2D eigenvalue weighted by Gasteiger charge is -2.24. The third-order valence-corrected chi connectivity index (χ3v) is 5.18. The van der Waals surface area contributed by atoms with E-state index in [9.17, 15) is 8.42 Å². The van der Waals surface area contributed by atoms with Gasteiger partial charge >= 0.3 is 0 Å². The number of nitrogens with zero attached hydrogens (tertiary/aromatic N) is 1. The van der Waals surface area contributed by atoms with Gasteiger partial charge < -0.3 is 5.32 Å². The first-order valence-corrected chi connectivity index (χ1v) is 9.26. The van der Waals surface area contributed by atoms with Crippen LogP contribution < -0.4 is 14.9 Å². The molecule has 24 heavy (non-hydrogen) atoms. The number of nitrogens with one attached hydrogen (secondary N) is 3. The van der Waals surface area contributed by atoms with Crippen LogP contribution in [0.5, 0.6) is 0 Å². The summed E-state index contributed by atoms with van der Waals surface area (Å²) < 4.78 is 27.2. The van der Waals surface area contributed by atoms with Crippen LogP contribution in [0.4, 0.5) is 0 Å². The van der Waals surface area contributed by atoms with Crippen molar-refractivity contribution in [1.29, 1.82) is 0 Å². The van der Waals surface area contributed by atoms with E-state index >= 15 is 0 Å². The lowest BCUT2D eigenvalue weighted by Crippen LogP contribution is -3.13. The minimum Gasteiger partial charge on any atom is -0.309 e. The molecule has 0 radical (unpaired) electrons. The van der Waals surface area contributed by atoms with E-state index in [1.807, 2.05) is 25.1 Å². The van der Waals surface area contributed by atoms with Crippen LogP contribution in [-0.2, 0) is 16.6 Å². The van der Waals surface area contributed by atoms with E-state index in [2.05, 4.69) is 27.2 Å². The molecule has 2 aromatic rings. The van der Waals surface area contributed by atoms with Gasteiger partial charge in [0.2, 0.25) is 5.96 Å². The van der Waals surface area contributed by atoms with Crippen molar-refractivity contribution in [1.82, 2.24) is 10.0 Å². The molecule has 1 heterocycles. The van der Waals surface area contributed by atoms with Crippen molar-refractivity contribution in [3.05, 3.63) is 65.7 Å². The zero-order valence-corrected chi connectivity index (χ0v) is 14.3. The highest BCUT2D eigenvalue weighted by molar-refractivity contribution is 7.90. The van der Waals surface area contributed by atoms with Gasteiger partial charge in [-0.15, -0.1) is 0 Å². The molecule has 0 saturated carbocycles. The molecule has 0 amide bonds. The van der Waals surface area contributed by atoms with Gasteiger partial charge in [0.25, 0.3) is 10.0 Å². The quantitative estimate of drug-likeness (QED) is 0.743. The van der Waals surface area contributed by atoms with Crippen LogP contribution in [0, 0.1) is 6.92 Å². The molecule has 0 saturated heterocycles. The second-order valence-electron chi connectivity index (χ2n) is 5.85. The molecular weight excluding hydrogens is 324 g/mol. The Morgan fingerprint density at radius 3 is 2.46 bits per heavy atom. The maximum atomic E-state index is 12.3. The van der Waals surface area contributed by atoms with E-state index in [0.29, 0.717) is 19.3 Å². The Balaban J connectivity index is 1.62. The molecule has 6 nitrogen and oxygen atoms in total. The topological polar surface area (TPSA) is 75.0 Å². The van der Waals surface area contributed by atoms with Crippen LogP contribution in [0.25, 0.3) is 0 Å². The highest BCUT2D eigenvalue weighted by atomic mass is 32.2. The Bertz CT molecular complexity index is 817. The van der Waals surface area contributed by atoms with E-state index in [-0.39, 0.29) is 4.90 Å². The monoisotopic (exact) mass is 345 g/mol. The molecule has 7 heteroatoms. The normalized spacial score (nSPS) is 17.7. The minimum absolute atomic E-state index is 0.233. The van der Waals surface area contributed by atoms with Gasteiger partial charge in [-0.2, -0.15) is 4.99 Å². The number of hydrogen-bond acceptors (Lipinski definition) is 4. The van der Waals surface area contributed by atoms with Gasteiger partial charge in [-0.3, -0.25) is 4.90 Å². The van der Waals surface area contributed by atoms with Crippen LogP contribution in [0.3, 0.4) is 0 Å². The lowest BCUT2D eigenvalue weighted by molar-refractivity contribution is -0.916. The number of quaternary nitrogens is 1. The van der Waals surface area contributed by atoms with E-state index in [1.165, 1.54) is 10.5 Å².